The zero-order valence-corrected chi connectivity index (χ0v) is 10.5. The normalized spacial score (nSPS) is 28.9. The molecule has 1 aliphatic carbocycles. The summed E-state index contributed by atoms with van der Waals surface area (Å²) in [6.07, 6.45) is 11.2. The molecule has 0 bridgehead atoms. The van der Waals surface area contributed by atoms with Crippen molar-refractivity contribution < 1.29 is 0 Å². The second kappa shape index (κ2) is 5.56. The van der Waals surface area contributed by atoms with Gasteiger partial charge in [0.1, 0.15) is 0 Å². The number of terminal acetylenes is 1. The Labute approximate surface area is 95.0 Å². The number of nitrogens with one attached hydrogen (secondary N) is 1. The van der Waals surface area contributed by atoms with Gasteiger partial charge in [-0.25, -0.2) is 0 Å². The van der Waals surface area contributed by atoms with E-state index in [-0.39, 0.29) is 0 Å². The lowest BCUT2D eigenvalue weighted by atomic mass is 9.91. The Morgan fingerprint density at radius 1 is 1.33 bits per heavy atom. The van der Waals surface area contributed by atoms with Crippen molar-refractivity contribution in [2.24, 2.45) is 11.3 Å². The SMILES string of the molecule is C#CCCCCNC1CC(C)(C)CC1C. The molecule has 0 aromatic rings. The molecule has 1 aliphatic rings. The first-order valence-electron chi connectivity index (χ1n) is 6.22. The molecule has 1 fully saturated rings. The Balaban J connectivity index is 2.15. The molecule has 0 radical (unpaired) electrons. The summed E-state index contributed by atoms with van der Waals surface area (Å²) in [4.78, 5) is 0. The molecule has 0 heterocycles. The van der Waals surface area contributed by atoms with E-state index in [0.717, 1.165) is 31.3 Å². The van der Waals surface area contributed by atoms with Gasteiger partial charge in [-0.05, 0) is 43.6 Å². The van der Waals surface area contributed by atoms with Crippen LogP contribution in [-0.2, 0) is 0 Å². The Bertz CT molecular complexity index is 224. The molecule has 2 atom stereocenters. The molecule has 1 rings (SSSR count). The maximum Gasteiger partial charge on any atom is 0.00979 e. The Kier molecular flexibility index (Phi) is 4.67. The molecule has 1 nitrogen and oxygen atoms in total. The second-order valence-electron chi connectivity index (χ2n) is 5.77. The molecule has 0 spiro atoms. The molecule has 86 valence electrons. The summed E-state index contributed by atoms with van der Waals surface area (Å²) in [7, 11) is 0. The zero-order valence-electron chi connectivity index (χ0n) is 10.5. The molecule has 1 heteroatoms. The van der Waals surface area contributed by atoms with Crippen molar-refractivity contribution in [1.29, 1.82) is 0 Å². The van der Waals surface area contributed by atoms with Crippen LogP contribution in [-0.4, -0.2) is 12.6 Å². The van der Waals surface area contributed by atoms with Gasteiger partial charge in [-0.1, -0.05) is 20.8 Å². The third-order valence-corrected chi connectivity index (χ3v) is 3.49. The van der Waals surface area contributed by atoms with E-state index in [1.54, 1.807) is 0 Å². The lowest BCUT2D eigenvalue weighted by molar-refractivity contribution is 0.362. The second-order valence-corrected chi connectivity index (χ2v) is 5.77. The average molecular weight is 207 g/mol. The molecule has 15 heavy (non-hydrogen) atoms. The fourth-order valence-corrected chi connectivity index (χ4v) is 2.81. The summed E-state index contributed by atoms with van der Waals surface area (Å²) in [5.74, 6) is 3.52. The number of hydrogen-bond acceptors (Lipinski definition) is 1. The minimum Gasteiger partial charge on any atom is -0.314 e. The van der Waals surface area contributed by atoms with E-state index in [9.17, 15) is 0 Å². The fourth-order valence-electron chi connectivity index (χ4n) is 2.81. The highest BCUT2D eigenvalue weighted by atomic mass is 14.9. The van der Waals surface area contributed by atoms with Crippen molar-refractivity contribution in [2.75, 3.05) is 6.54 Å². The first kappa shape index (κ1) is 12.6. The van der Waals surface area contributed by atoms with Crippen molar-refractivity contribution in [3.8, 4) is 12.3 Å². The molecule has 0 aliphatic heterocycles. The molecule has 0 aromatic heterocycles. The van der Waals surface area contributed by atoms with Crippen LogP contribution in [0.4, 0.5) is 0 Å². The zero-order chi connectivity index (χ0) is 11.3. The summed E-state index contributed by atoms with van der Waals surface area (Å²) in [6, 6.07) is 0.728. The summed E-state index contributed by atoms with van der Waals surface area (Å²) in [5.41, 5.74) is 0.538. The number of rotatable bonds is 5. The van der Waals surface area contributed by atoms with Gasteiger partial charge in [0.15, 0.2) is 0 Å². The lowest BCUT2D eigenvalue weighted by Crippen LogP contribution is -2.32. The Morgan fingerprint density at radius 2 is 2.07 bits per heavy atom. The highest BCUT2D eigenvalue weighted by molar-refractivity contribution is 4.91. The van der Waals surface area contributed by atoms with Gasteiger partial charge in [-0.2, -0.15) is 0 Å². The predicted molar refractivity (Wildman–Crippen MR) is 66.7 cm³/mol. The van der Waals surface area contributed by atoms with Crippen LogP contribution in [0.1, 0.15) is 52.9 Å². The molecule has 0 amide bonds. The van der Waals surface area contributed by atoms with Gasteiger partial charge in [0.25, 0.3) is 0 Å². The van der Waals surface area contributed by atoms with Crippen LogP contribution in [0.5, 0.6) is 0 Å². The van der Waals surface area contributed by atoms with E-state index < -0.39 is 0 Å². The van der Waals surface area contributed by atoms with Crippen molar-refractivity contribution >= 4 is 0 Å². The molecular formula is C14H25N. The minimum atomic E-state index is 0.538. The smallest absolute Gasteiger partial charge is 0.00979 e. The first-order chi connectivity index (χ1) is 7.05. The van der Waals surface area contributed by atoms with Crippen LogP contribution < -0.4 is 5.32 Å². The fraction of sp³-hybridized carbons (Fsp3) is 0.857. The third-order valence-electron chi connectivity index (χ3n) is 3.49. The van der Waals surface area contributed by atoms with Gasteiger partial charge < -0.3 is 5.32 Å². The summed E-state index contributed by atoms with van der Waals surface area (Å²) in [5, 5.41) is 3.68. The third kappa shape index (κ3) is 4.26. The van der Waals surface area contributed by atoms with Crippen LogP contribution in [0, 0.1) is 23.7 Å². The molecular weight excluding hydrogens is 182 g/mol. The van der Waals surface area contributed by atoms with Gasteiger partial charge in [0, 0.05) is 12.5 Å². The lowest BCUT2D eigenvalue weighted by Gasteiger charge is -2.18. The Morgan fingerprint density at radius 3 is 2.60 bits per heavy atom. The molecule has 2 unspecified atom stereocenters. The highest BCUT2D eigenvalue weighted by Crippen LogP contribution is 2.40. The van der Waals surface area contributed by atoms with Gasteiger partial charge in [0.05, 0.1) is 0 Å². The van der Waals surface area contributed by atoms with Gasteiger partial charge in [-0.3, -0.25) is 0 Å². The maximum absolute atomic E-state index is 5.22. The molecule has 1 N–H and O–H groups in total. The van der Waals surface area contributed by atoms with Gasteiger partial charge in [-0.15, -0.1) is 12.3 Å². The predicted octanol–water partition coefficient (Wildman–Crippen LogP) is 3.20. The Hall–Kier alpha value is -0.480. The topological polar surface area (TPSA) is 12.0 Å². The standard InChI is InChI=1S/C14H25N/c1-5-6-7-8-9-15-13-11-14(3,4)10-12(13)2/h1,12-13,15H,6-11H2,2-4H3. The van der Waals surface area contributed by atoms with Crippen molar-refractivity contribution in [3.05, 3.63) is 0 Å². The van der Waals surface area contributed by atoms with Gasteiger partial charge in [0.2, 0.25) is 0 Å². The first-order valence-corrected chi connectivity index (χ1v) is 6.22. The van der Waals surface area contributed by atoms with E-state index in [1.807, 2.05) is 0 Å². The van der Waals surface area contributed by atoms with E-state index in [1.165, 1.54) is 19.3 Å². The maximum atomic E-state index is 5.22. The molecule has 0 aromatic carbocycles. The van der Waals surface area contributed by atoms with Crippen molar-refractivity contribution in [1.82, 2.24) is 5.32 Å². The van der Waals surface area contributed by atoms with Crippen LogP contribution in [0.25, 0.3) is 0 Å². The van der Waals surface area contributed by atoms with Crippen LogP contribution >= 0.6 is 0 Å². The average Bonchev–Trinajstić information content (AvgIpc) is 2.39. The van der Waals surface area contributed by atoms with Crippen LogP contribution in [0.2, 0.25) is 0 Å². The highest BCUT2D eigenvalue weighted by Gasteiger charge is 2.35. The van der Waals surface area contributed by atoms with Crippen molar-refractivity contribution in [3.63, 3.8) is 0 Å². The number of hydrogen-bond donors (Lipinski definition) is 1. The monoisotopic (exact) mass is 207 g/mol. The van der Waals surface area contributed by atoms with Crippen molar-refractivity contribution in [2.45, 2.75) is 58.9 Å². The van der Waals surface area contributed by atoms with Crippen LogP contribution in [0.15, 0.2) is 0 Å². The summed E-state index contributed by atoms with van der Waals surface area (Å²) >= 11 is 0. The molecule has 1 saturated carbocycles. The van der Waals surface area contributed by atoms with Gasteiger partial charge >= 0.3 is 0 Å². The van der Waals surface area contributed by atoms with E-state index in [4.69, 9.17) is 6.42 Å². The number of unbranched alkanes of at least 4 members (excludes halogenated alkanes) is 2. The van der Waals surface area contributed by atoms with E-state index in [2.05, 4.69) is 32.0 Å². The van der Waals surface area contributed by atoms with E-state index in [0.29, 0.717) is 5.41 Å². The van der Waals surface area contributed by atoms with Crippen LogP contribution in [0.3, 0.4) is 0 Å². The summed E-state index contributed by atoms with van der Waals surface area (Å²) < 4.78 is 0. The largest absolute Gasteiger partial charge is 0.314 e. The molecule has 0 saturated heterocycles. The van der Waals surface area contributed by atoms with E-state index >= 15 is 0 Å². The quantitative estimate of drug-likeness (QED) is 0.539. The minimum absolute atomic E-state index is 0.538. The summed E-state index contributed by atoms with van der Waals surface area (Å²) in [6.45, 7) is 8.26.